The second kappa shape index (κ2) is 5.02. The van der Waals surface area contributed by atoms with Crippen LogP contribution in [0.25, 0.3) is 11.3 Å². The molecule has 0 aliphatic carbocycles. The molecule has 0 amide bonds. The summed E-state index contributed by atoms with van der Waals surface area (Å²) in [4.78, 5) is 0. The molecule has 0 atom stereocenters. The summed E-state index contributed by atoms with van der Waals surface area (Å²) in [6.45, 7) is 4.75. The Morgan fingerprint density at radius 3 is 2.47 bits per heavy atom. The molecule has 2 rings (SSSR count). The highest BCUT2D eigenvalue weighted by atomic mass is 79.9. The van der Waals surface area contributed by atoms with Gasteiger partial charge in [0.1, 0.15) is 0 Å². The van der Waals surface area contributed by atoms with Gasteiger partial charge in [-0.05, 0) is 26.0 Å². The normalized spacial score (nSPS) is 11.1. The van der Waals surface area contributed by atoms with Crippen LogP contribution < -0.4 is 5.73 Å². The van der Waals surface area contributed by atoms with Crippen LogP contribution in [-0.2, 0) is 6.54 Å². The number of hydrogen-bond donors (Lipinski definition) is 1. The van der Waals surface area contributed by atoms with Gasteiger partial charge in [0, 0.05) is 28.2 Å². The molecule has 0 radical (unpaired) electrons. The highest BCUT2D eigenvalue weighted by Crippen LogP contribution is 2.27. The molecule has 90 valence electrons. The first-order valence-corrected chi connectivity index (χ1v) is 6.45. The van der Waals surface area contributed by atoms with Crippen LogP contribution in [0.5, 0.6) is 0 Å². The lowest BCUT2D eigenvalue weighted by Crippen LogP contribution is -2.06. The van der Waals surface area contributed by atoms with Crippen LogP contribution in [0.15, 0.2) is 34.9 Å². The van der Waals surface area contributed by atoms with Crippen molar-refractivity contribution in [3.8, 4) is 11.3 Å². The van der Waals surface area contributed by atoms with Crippen LogP contribution in [-0.4, -0.2) is 9.78 Å². The van der Waals surface area contributed by atoms with Gasteiger partial charge in [-0.25, -0.2) is 0 Å². The first-order valence-electron chi connectivity index (χ1n) is 5.66. The van der Waals surface area contributed by atoms with Gasteiger partial charge in [-0.15, -0.1) is 0 Å². The van der Waals surface area contributed by atoms with Crippen LogP contribution in [0.2, 0.25) is 0 Å². The molecule has 1 heterocycles. The van der Waals surface area contributed by atoms with Gasteiger partial charge in [0.15, 0.2) is 0 Å². The van der Waals surface area contributed by atoms with Gasteiger partial charge in [0.25, 0.3) is 0 Å². The second-order valence-corrected chi connectivity index (χ2v) is 5.18. The topological polar surface area (TPSA) is 43.8 Å². The van der Waals surface area contributed by atoms with Gasteiger partial charge in [0.2, 0.25) is 0 Å². The van der Waals surface area contributed by atoms with Gasteiger partial charge in [-0.1, -0.05) is 28.1 Å². The monoisotopic (exact) mass is 293 g/mol. The average molecular weight is 294 g/mol. The quantitative estimate of drug-likeness (QED) is 0.943. The predicted molar refractivity (Wildman–Crippen MR) is 73.6 cm³/mol. The van der Waals surface area contributed by atoms with E-state index in [9.17, 15) is 0 Å². The number of nitrogens with two attached hydrogens (primary N) is 1. The van der Waals surface area contributed by atoms with Crippen molar-refractivity contribution in [1.29, 1.82) is 0 Å². The first kappa shape index (κ1) is 12.3. The van der Waals surface area contributed by atoms with E-state index in [4.69, 9.17) is 5.73 Å². The summed E-state index contributed by atoms with van der Waals surface area (Å²) in [6, 6.07) is 8.56. The molecule has 2 aromatic rings. The van der Waals surface area contributed by atoms with Crippen molar-refractivity contribution in [2.75, 3.05) is 0 Å². The van der Waals surface area contributed by atoms with Crippen molar-refractivity contribution in [3.63, 3.8) is 0 Å². The van der Waals surface area contributed by atoms with Crippen LogP contribution >= 0.6 is 15.9 Å². The van der Waals surface area contributed by atoms with Gasteiger partial charge in [-0.3, -0.25) is 4.68 Å². The van der Waals surface area contributed by atoms with Crippen molar-refractivity contribution >= 4 is 15.9 Å². The molecule has 0 aliphatic rings. The molecular weight excluding hydrogens is 278 g/mol. The Bertz CT molecular complexity index is 500. The second-order valence-electron chi connectivity index (χ2n) is 4.27. The molecule has 1 aromatic heterocycles. The zero-order valence-corrected chi connectivity index (χ0v) is 11.6. The Kier molecular flexibility index (Phi) is 3.64. The Labute approximate surface area is 110 Å². The lowest BCUT2D eigenvalue weighted by molar-refractivity contribution is 0.538. The molecule has 0 fully saturated rings. The van der Waals surface area contributed by atoms with E-state index in [1.165, 1.54) is 0 Å². The zero-order valence-electron chi connectivity index (χ0n) is 10.0. The third-order valence-electron chi connectivity index (χ3n) is 2.70. The molecule has 1 aromatic carbocycles. The molecule has 3 nitrogen and oxygen atoms in total. The Hall–Kier alpha value is -1.13. The minimum Gasteiger partial charge on any atom is -0.326 e. The SMILES string of the molecule is CC(C)n1ncc(CN)c1-c1ccc(Br)cc1. The molecule has 0 unspecified atom stereocenters. The Morgan fingerprint density at radius 1 is 1.29 bits per heavy atom. The number of benzene rings is 1. The summed E-state index contributed by atoms with van der Waals surface area (Å²) in [5.41, 5.74) is 9.13. The van der Waals surface area contributed by atoms with Crippen molar-refractivity contribution in [1.82, 2.24) is 9.78 Å². The maximum atomic E-state index is 5.77. The molecule has 0 aliphatic heterocycles. The number of hydrogen-bond acceptors (Lipinski definition) is 2. The molecule has 0 saturated carbocycles. The van der Waals surface area contributed by atoms with Crippen LogP contribution in [0.3, 0.4) is 0 Å². The first-order chi connectivity index (χ1) is 8.13. The number of rotatable bonds is 3. The lowest BCUT2D eigenvalue weighted by atomic mass is 10.1. The van der Waals surface area contributed by atoms with Crippen molar-refractivity contribution < 1.29 is 0 Å². The summed E-state index contributed by atoms with van der Waals surface area (Å²) in [7, 11) is 0. The molecule has 17 heavy (non-hydrogen) atoms. The van der Waals surface area contributed by atoms with Crippen molar-refractivity contribution in [2.24, 2.45) is 5.73 Å². The lowest BCUT2D eigenvalue weighted by Gasteiger charge is -2.12. The molecule has 0 spiro atoms. The Balaban J connectivity index is 2.55. The van der Waals surface area contributed by atoms with E-state index in [-0.39, 0.29) is 0 Å². The minimum atomic E-state index is 0.328. The maximum absolute atomic E-state index is 5.77. The molecular formula is C13H16BrN3. The van der Waals surface area contributed by atoms with Crippen LogP contribution in [0, 0.1) is 0 Å². The van der Waals surface area contributed by atoms with Crippen LogP contribution in [0.4, 0.5) is 0 Å². The van der Waals surface area contributed by atoms with E-state index in [1.54, 1.807) is 0 Å². The number of nitrogens with zero attached hydrogens (tertiary/aromatic N) is 2. The van der Waals surface area contributed by atoms with E-state index in [0.29, 0.717) is 12.6 Å². The predicted octanol–water partition coefficient (Wildman–Crippen LogP) is 3.35. The molecule has 2 N–H and O–H groups in total. The minimum absolute atomic E-state index is 0.328. The van der Waals surface area contributed by atoms with E-state index < -0.39 is 0 Å². The Morgan fingerprint density at radius 2 is 1.94 bits per heavy atom. The van der Waals surface area contributed by atoms with E-state index in [2.05, 4.69) is 47.0 Å². The number of aromatic nitrogens is 2. The fourth-order valence-corrected chi connectivity index (χ4v) is 2.13. The van der Waals surface area contributed by atoms with E-state index in [1.807, 2.05) is 23.0 Å². The fourth-order valence-electron chi connectivity index (χ4n) is 1.86. The van der Waals surface area contributed by atoms with E-state index in [0.717, 1.165) is 21.3 Å². The summed E-state index contributed by atoms with van der Waals surface area (Å²) in [6.07, 6.45) is 1.86. The van der Waals surface area contributed by atoms with Gasteiger partial charge < -0.3 is 5.73 Å². The summed E-state index contributed by atoms with van der Waals surface area (Å²) in [5, 5.41) is 4.41. The van der Waals surface area contributed by atoms with Crippen molar-refractivity contribution in [2.45, 2.75) is 26.4 Å². The molecule has 0 saturated heterocycles. The van der Waals surface area contributed by atoms with Crippen molar-refractivity contribution in [3.05, 3.63) is 40.5 Å². The summed E-state index contributed by atoms with van der Waals surface area (Å²) < 4.78 is 3.09. The molecule has 0 bridgehead atoms. The molecule has 4 heteroatoms. The van der Waals surface area contributed by atoms with Gasteiger partial charge >= 0.3 is 0 Å². The third kappa shape index (κ3) is 2.42. The van der Waals surface area contributed by atoms with Gasteiger partial charge in [-0.2, -0.15) is 5.10 Å². The highest BCUT2D eigenvalue weighted by Gasteiger charge is 2.13. The zero-order chi connectivity index (χ0) is 12.4. The smallest absolute Gasteiger partial charge is 0.0730 e. The maximum Gasteiger partial charge on any atom is 0.0730 e. The van der Waals surface area contributed by atoms with E-state index >= 15 is 0 Å². The highest BCUT2D eigenvalue weighted by molar-refractivity contribution is 9.10. The van der Waals surface area contributed by atoms with Crippen LogP contribution in [0.1, 0.15) is 25.5 Å². The third-order valence-corrected chi connectivity index (χ3v) is 3.23. The fraction of sp³-hybridized carbons (Fsp3) is 0.308. The standard InChI is InChI=1S/C13H16BrN3/c1-9(2)17-13(11(7-15)8-16-17)10-3-5-12(14)6-4-10/h3-6,8-9H,7,15H2,1-2H3. The number of halogens is 1. The van der Waals surface area contributed by atoms with Gasteiger partial charge in [0.05, 0.1) is 11.9 Å². The average Bonchev–Trinajstić information content (AvgIpc) is 2.73. The summed E-state index contributed by atoms with van der Waals surface area (Å²) >= 11 is 3.44. The largest absolute Gasteiger partial charge is 0.326 e. The summed E-state index contributed by atoms with van der Waals surface area (Å²) in [5.74, 6) is 0.